The maximum atomic E-state index is 14.0. The molecule has 3 N–H and O–H groups in total. The minimum absolute atomic E-state index is 0.0321. The summed E-state index contributed by atoms with van der Waals surface area (Å²) in [5, 5.41) is 16.5. The zero-order chi connectivity index (χ0) is 32.9. The first-order chi connectivity index (χ1) is 21.3. The van der Waals surface area contributed by atoms with Crippen LogP contribution >= 0.6 is 11.3 Å². The highest BCUT2D eigenvalue weighted by atomic mass is 32.1. The predicted octanol–water partition coefficient (Wildman–Crippen LogP) is 3.12. The summed E-state index contributed by atoms with van der Waals surface area (Å²) < 4.78 is 10.8. The van der Waals surface area contributed by atoms with Gasteiger partial charge in [-0.3, -0.25) is 19.3 Å². The second-order valence-electron chi connectivity index (χ2n) is 13.3. The fourth-order valence-corrected chi connectivity index (χ4v) is 7.10. The van der Waals surface area contributed by atoms with Crippen molar-refractivity contribution in [3.8, 4) is 10.4 Å². The molecule has 4 rings (SSSR count). The number of rotatable bonds is 11. The second-order valence-corrected chi connectivity index (χ2v) is 14.2. The monoisotopic (exact) mass is 643 g/mol. The highest BCUT2D eigenvalue weighted by Crippen LogP contribution is 2.30. The summed E-state index contributed by atoms with van der Waals surface area (Å²) in [6, 6.07) is 5.97. The van der Waals surface area contributed by atoms with Gasteiger partial charge in [0.15, 0.2) is 6.29 Å². The SMILES string of the molecule is COC(OC)C1CCN(CC(=O)N[C@H](C(=O)N2C[C@H](O)C[C@H]2C(=O)N[C@@H](C)c2ccc(-c3scnc3C)cc2)C(C)(C)C)CC1. The molecule has 0 spiro atoms. The van der Waals surface area contributed by atoms with Crippen molar-refractivity contribution in [2.24, 2.45) is 11.3 Å². The van der Waals surface area contributed by atoms with E-state index in [0.29, 0.717) is 0 Å². The third-order valence-electron chi connectivity index (χ3n) is 8.91. The molecule has 2 aromatic rings. The molecule has 45 heavy (non-hydrogen) atoms. The van der Waals surface area contributed by atoms with Crippen LogP contribution in [0.1, 0.15) is 64.3 Å². The van der Waals surface area contributed by atoms with Crippen LogP contribution in [0.2, 0.25) is 0 Å². The summed E-state index contributed by atoms with van der Waals surface area (Å²) in [5.74, 6) is -0.681. The van der Waals surface area contributed by atoms with Crippen LogP contribution in [-0.2, 0) is 23.9 Å². The molecule has 2 saturated heterocycles. The molecule has 12 heteroatoms. The third-order valence-corrected chi connectivity index (χ3v) is 9.89. The van der Waals surface area contributed by atoms with E-state index in [0.717, 1.165) is 47.6 Å². The van der Waals surface area contributed by atoms with E-state index in [9.17, 15) is 19.5 Å². The number of piperidine rings is 1. The number of nitrogens with one attached hydrogen (secondary N) is 2. The van der Waals surface area contributed by atoms with E-state index in [-0.39, 0.29) is 55.5 Å². The molecule has 11 nitrogen and oxygen atoms in total. The Bertz CT molecular complexity index is 1300. The van der Waals surface area contributed by atoms with Gasteiger partial charge in [-0.05, 0) is 56.3 Å². The molecule has 0 radical (unpaired) electrons. The van der Waals surface area contributed by atoms with Crippen LogP contribution in [0.3, 0.4) is 0 Å². The van der Waals surface area contributed by atoms with Gasteiger partial charge in [-0.2, -0.15) is 0 Å². The van der Waals surface area contributed by atoms with Crippen LogP contribution < -0.4 is 10.6 Å². The number of hydrogen-bond donors (Lipinski definition) is 3. The highest BCUT2D eigenvalue weighted by Gasteiger charge is 2.45. The Morgan fingerprint density at radius 2 is 1.73 bits per heavy atom. The van der Waals surface area contributed by atoms with Crippen molar-refractivity contribution < 1.29 is 29.0 Å². The summed E-state index contributed by atoms with van der Waals surface area (Å²) in [6.07, 6.45) is 0.739. The number of likely N-dealkylation sites (tertiary alicyclic amines) is 2. The second kappa shape index (κ2) is 15.1. The van der Waals surface area contributed by atoms with Crippen molar-refractivity contribution in [2.45, 2.75) is 84.4 Å². The van der Waals surface area contributed by atoms with Crippen molar-refractivity contribution in [2.75, 3.05) is 40.4 Å². The van der Waals surface area contributed by atoms with Gasteiger partial charge in [0.25, 0.3) is 0 Å². The van der Waals surface area contributed by atoms with Crippen LogP contribution in [0, 0.1) is 18.3 Å². The molecule has 4 atom stereocenters. The predicted molar refractivity (Wildman–Crippen MR) is 173 cm³/mol. The average Bonchev–Trinajstić information content (AvgIpc) is 3.61. The lowest BCUT2D eigenvalue weighted by Crippen LogP contribution is -2.59. The Hall–Kier alpha value is -2.90. The number of nitrogens with zero attached hydrogens (tertiary/aromatic N) is 3. The Morgan fingerprint density at radius 3 is 2.29 bits per heavy atom. The van der Waals surface area contributed by atoms with Crippen LogP contribution in [0.5, 0.6) is 0 Å². The zero-order valence-electron chi connectivity index (χ0n) is 27.5. The molecule has 3 heterocycles. The summed E-state index contributed by atoms with van der Waals surface area (Å²) in [7, 11) is 3.27. The molecule has 0 bridgehead atoms. The standard InChI is InChI=1S/C33H49N5O6S/c1-20(22-8-10-23(11-9-22)28-21(2)34-19-45-28)35-30(41)26-16-25(39)17-38(26)31(42)29(33(3,4)5)36-27(40)18-37-14-12-24(13-15-37)32(43-6)44-7/h8-11,19-20,24-26,29,32,39H,12-18H2,1-7H3,(H,35,41)(H,36,40)/t20-,25+,26-,29+/m0/s1. The van der Waals surface area contributed by atoms with E-state index < -0.39 is 23.6 Å². The lowest BCUT2D eigenvalue weighted by molar-refractivity contribution is -0.148. The van der Waals surface area contributed by atoms with E-state index in [1.165, 1.54) is 4.90 Å². The van der Waals surface area contributed by atoms with Gasteiger partial charge in [0.1, 0.15) is 12.1 Å². The molecule has 248 valence electrons. The molecule has 2 fully saturated rings. The van der Waals surface area contributed by atoms with Gasteiger partial charge < -0.3 is 30.1 Å². The van der Waals surface area contributed by atoms with Gasteiger partial charge >= 0.3 is 0 Å². The first-order valence-corrected chi connectivity index (χ1v) is 16.6. The molecule has 1 aromatic carbocycles. The fraction of sp³-hybridized carbons (Fsp3) is 0.636. The fourth-order valence-electron chi connectivity index (χ4n) is 6.29. The number of aliphatic hydroxyl groups is 1. The largest absolute Gasteiger partial charge is 0.391 e. The molecule has 3 amide bonds. The average molecular weight is 644 g/mol. The van der Waals surface area contributed by atoms with Crippen molar-refractivity contribution in [3.05, 3.63) is 41.0 Å². The van der Waals surface area contributed by atoms with Crippen LogP contribution in [0.25, 0.3) is 10.4 Å². The molecule has 0 saturated carbocycles. The third kappa shape index (κ3) is 8.68. The number of thiazole rings is 1. The molecule has 2 aliphatic heterocycles. The van der Waals surface area contributed by atoms with Gasteiger partial charge in [-0.15, -0.1) is 11.3 Å². The Balaban J connectivity index is 1.38. The number of aliphatic hydroxyl groups excluding tert-OH is 1. The number of hydrogen-bond acceptors (Lipinski definition) is 9. The molecule has 0 unspecified atom stereocenters. The minimum Gasteiger partial charge on any atom is -0.391 e. The van der Waals surface area contributed by atoms with Gasteiger partial charge in [-0.25, -0.2) is 4.98 Å². The van der Waals surface area contributed by atoms with E-state index >= 15 is 0 Å². The number of aromatic nitrogens is 1. The first kappa shape index (κ1) is 35.0. The van der Waals surface area contributed by atoms with Gasteiger partial charge in [0.05, 0.1) is 34.8 Å². The highest BCUT2D eigenvalue weighted by molar-refractivity contribution is 7.13. The number of carbonyl (C=O) groups excluding carboxylic acids is 3. The van der Waals surface area contributed by atoms with Crippen molar-refractivity contribution in [1.82, 2.24) is 25.4 Å². The maximum Gasteiger partial charge on any atom is 0.246 e. The van der Waals surface area contributed by atoms with Crippen molar-refractivity contribution in [1.29, 1.82) is 0 Å². The molecular weight excluding hydrogens is 594 g/mol. The summed E-state index contributed by atoms with van der Waals surface area (Å²) in [5.41, 5.74) is 4.18. The smallest absolute Gasteiger partial charge is 0.246 e. The van der Waals surface area contributed by atoms with Crippen LogP contribution in [0.15, 0.2) is 29.8 Å². The van der Waals surface area contributed by atoms with Crippen LogP contribution in [0.4, 0.5) is 0 Å². The number of methoxy groups -OCH3 is 2. The summed E-state index contributed by atoms with van der Waals surface area (Å²) >= 11 is 1.59. The number of ether oxygens (including phenoxy) is 2. The van der Waals surface area contributed by atoms with Gasteiger partial charge in [-0.1, -0.05) is 45.0 Å². The zero-order valence-corrected chi connectivity index (χ0v) is 28.4. The minimum atomic E-state index is -0.866. The molecular formula is C33H49N5O6S. The van der Waals surface area contributed by atoms with Crippen molar-refractivity contribution in [3.63, 3.8) is 0 Å². The van der Waals surface area contributed by atoms with Crippen LogP contribution in [-0.4, -0.2) is 102 Å². The van der Waals surface area contributed by atoms with E-state index in [2.05, 4.69) is 20.5 Å². The van der Waals surface area contributed by atoms with E-state index in [1.54, 1.807) is 25.6 Å². The molecule has 2 aliphatic rings. The number of amides is 3. The summed E-state index contributed by atoms with van der Waals surface area (Å²) in [6.45, 7) is 11.2. The van der Waals surface area contributed by atoms with E-state index in [1.807, 2.05) is 64.4 Å². The lowest BCUT2D eigenvalue weighted by atomic mass is 9.85. The topological polar surface area (TPSA) is 133 Å². The molecule has 1 aromatic heterocycles. The number of benzene rings is 1. The number of carbonyl (C=O) groups is 3. The Morgan fingerprint density at radius 1 is 1.09 bits per heavy atom. The number of β-amino-alcohol motifs (C(OH)–C–C–N with tert-alkyl or cyclic N) is 1. The van der Waals surface area contributed by atoms with E-state index in [4.69, 9.17) is 9.47 Å². The number of aryl methyl sites for hydroxylation is 1. The lowest BCUT2D eigenvalue weighted by Gasteiger charge is -2.37. The maximum absolute atomic E-state index is 14.0. The summed E-state index contributed by atoms with van der Waals surface area (Å²) in [4.78, 5) is 49.6. The Labute approximate surface area is 270 Å². The molecule has 0 aliphatic carbocycles. The Kier molecular flexibility index (Phi) is 11.8. The first-order valence-electron chi connectivity index (χ1n) is 15.7. The van der Waals surface area contributed by atoms with Gasteiger partial charge in [0.2, 0.25) is 17.7 Å². The normalized spacial score (nSPS) is 21.1. The van der Waals surface area contributed by atoms with Gasteiger partial charge in [0, 0.05) is 33.1 Å². The van der Waals surface area contributed by atoms with Crippen molar-refractivity contribution >= 4 is 29.1 Å². The quantitative estimate of drug-likeness (QED) is 0.318.